The zero-order chi connectivity index (χ0) is 16.6. The van der Waals surface area contributed by atoms with E-state index in [0.29, 0.717) is 11.4 Å². The van der Waals surface area contributed by atoms with Crippen molar-refractivity contribution >= 4 is 38.9 Å². The molecule has 0 spiro atoms. The lowest BCUT2D eigenvalue weighted by Crippen LogP contribution is -2.42. The second-order valence-electron chi connectivity index (χ2n) is 4.87. The molecule has 0 aromatic heterocycles. The summed E-state index contributed by atoms with van der Waals surface area (Å²) < 4.78 is 32.2. The van der Waals surface area contributed by atoms with E-state index >= 15 is 0 Å². The van der Waals surface area contributed by atoms with Crippen LogP contribution in [0.3, 0.4) is 0 Å². The minimum atomic E-state index is -4.01. The molecule has 1 aliphatic rings. The summed E-state index contributed by atoms with van der Waals surface area (Å²) in [6.07, 6.45) is 0. The first-order valence-electron chi connectivity index (χ1n) is 6.68. The molecule has 0 unspecified atom stereocenters. The molecule has 0 atom stereocenters. The maximum atomic E-state index is 13.0. The molecule has 0 bridgehead atoms. The van der Waals surface area contributed by atoms with Gasteiger partial charge in [0.15, 0.2) is 0 Å². The first-order valence-corrected chi connectivity index (χ1v) is 8.50. The molecule has 0 fully saturated rings. The predicted octanol–water partition coefficient (Wildman–Crippen LogP) is 2.50. The number of halogens is 1. The van der Waals surface area contributed by atoms with Gasteiger partial charge in [-0.25, -0.2) is 8.42 Å². The average molecular weight is 353 g/mol. The van der Waals surface area contributed by atoms with Crippen molar-refractivity contribution in [2.75, 3.05) is 23.3 Å². The fourth-order valence-corrected chi connectivity index (χ4v) is 4.25. The molecule has 6 nitrogen and oxygen atoms in total. The topological polar surface area (TPSA) is 75.7 Å². The third-order valence-corrected chi connectivity index (χ3v) is 5.44. The zero-order valence-electron chi connectivity index (χ0n) is 12.1. The highest BCUT2D eigenvalue weighted by Crippen LogP contribution is 2.36. The van der Waals surface area contributed by atoms with E-state index in [2.05, 4.69) is 5.32 Å². The summed E-state index contributed by atoms with van der Waals surface area (Å²) in [5.74, 6) is -0.244. The van der Waals surface area contributed by atoms with E-state index in [9.17, 15) is 13.2 Å². The number of carbonyl (C=O) groups excluding carboxylic acids is 1. The van der Waals surface area contributed by atoms with E-state index in [0.717, 1.165) is 4.31 Å². The third-order valence-electron chi connectivity index (χ3n) is 3.43. The average Bonchev–Trinajstić information content (AvgIpc) is 2.54. The molecular weight excluding hydrogens is 340 g/mol. The van der Waals surface area contributed by atoms with Crippen LogP contribution in [0.2, 0.25) is 5.02 Å². The largest absolute Gasteiger partial charge is 0.495 e. The van der Waals surface area contributed by atoms with Gasteiger partial charge in [0.2, 0.25) is 5.91 Å². The number of rotatable bonds is 3. The van der Waals surface area contributed by atoms with Crippen LogP contribution in [0.15, 0.2) is 47.4 Å². The Bertz CT molecular complexity index is 883. The van der Waals surface area contributed by atoms with E-state index in [1.54, 1.807) is 24.3 Å². The standard InChI is InChI=1S/C15H13ClN2O4S/c1-22-13-7-6-10(16)8-14(13)23(20,21)18-9-15(19)17-11-4-2-3-5-12(11)18/h2-8H,9H2,1H3,(H,17,19). The van der Waals surface area contributed by atoms with Gasteiger partial charge in [-0.3, -0.25) is 9.10 Å². The summed E-state index contributed by atoms with van der Waals surface area (Å²) in [5, 5.41) is 2.91. The van der Waals surface area contributed by atoms with Gasteiger partial charge in [-0.2, -0.15) is 0 Å². The minimum Gasteiger partial charge on any atom is -0.495 e. The van der Waals surface area contributed by atoms with Crippen molar-refractivity contribution in [3.8, 4) is 5.75 Å². The number of fused-ring (bicyclic) bond motifs is 1. The number of carbonyl (C=O) groups is 1. The molecule has 1 amide bonds. The number of anilines is 2. The quantitative estimate of drug-likeness (QED) is 0.920. The van der Waals surface area contributed by atoms with Gasteiger partial charge >= 0.3 is 0 Å². The minimum absolute atomic E-state index is 0.0861. The van der Waals surface area contributed by atoms with Crippen LogP contribution in [0.5, 0.6) is 5.75 Å². The normalized spacial score (nSPS) is 14.2. The number of sulfonamides is 1. The maximum absolute atomic E-state index is 13.0. The van der Waals surface area contributed by atoms with Crippen LogP contribution in [-0.4, -0.2) is 28.0 Å². The highest BCUT2D eigenvalue weighted by atomic mass is 35.5. The Morgan fingerprint density at radius 2 is 1.96 bits per heavy atom. The van der Waals surface area contributed by atoms with Gasteiger partial charge in [-0.15, -0.1) is 0 Å². The number of nitrogens with one attached hydrogen (secondary N) is 1. The molecule has 0 saturated carbocycles. The second-order valence-corrected chi connectivity index (χ2v) is 7.14. The Morgan fingerprint density at radius 1 is 1.22 bits per heavy atom. The van der Waals surface area contributed by atoms with Gasteiger partial charge in [-0.05, 0) is 30.3 Å². The molecule has 23 heavy (non-hydrogen) atoms. The molecule has 3 rings (SSSR count). The van der Waals surface area contributed by atoms with Gasteiger partial charge < -0.3 is 10.1 Å². The number of hydrogen-bond donors (Lipinski definition) is 1. The lowest BCUT2D eigenvalue weighted by atomic mass is 10.2. The molecule has 1 N–H and O–H groups in total. The SMILES string of the molecule is COc1ccc(Cl)cc1S(=O)(=O)N1CC(=O)Nc2ccccc21. The van der Waals surface area contributed by atoms with Crippen LogP contribution in [0, 0.1) is 0 Å². The van der Waals surface area contributed by atoms with Crippen molar-refractivity contribution in [3.63, 3.8) is 0 Å². The fraction of sp³-hybridized carbons (Fsp3) is 0.133. The number of benzene rings is 2. The highest BCUT2D eigenvalue weighted by Gasteiger charge is 2.34. The van der Waals surface area contributed by atoms with E-state index in [-0.39, 0.29) is 22.2 Å². The monoisotopic (exact) mass is 352 g/mol. The molecule has 1 aliphatic heterocycles. The van der Waals surface area contributed by atoms with Crippen LogP contribution < -0.4 is 14.4 Å². The Kier molecular flexibility index (Phi) is 3.91. The van der Waals surface area contributed by atoms with Crippen molar-refractivity contribution in [3.05, 3.63) is 47.5 Å². The smallest absolute Gasteiger partial charge is 0.268 e. The summed E-state index contributed by atoms with van der Waals surface area (Å²) >= 11 is 5.93. The van der Waals surface area contributed by atoms with Crippen LogP contribution in [0.1, 0.15) is 0 Å². The van der Waals surface area contributed by atoms with Gasteiger partial charge in [0.05, 0.1) is 18.5 Å². The van der Waals surface area contributed by atoms with Crippen molar-refractivity contribution in [2.45, 2.75) is 4.90 Å². The number of amides is 1. The number of ether oxygens (including phenoxy) is 1. The van der Waals surface area contributed by atoms with Crippen LogP contribution in [-0.2, 0) is 14.8 Å². The molecule has 2 aromatic carbocycles. The molecule has 1 heterocycles. The molecule has 120 valence electrons. The van der Waals surface area contributed by atoms with E-state index in [4.69, 9.17) is 16.3 Å². The summed E-state index contributed by atoms with van der Waals surface area (Å²) in [4.78, 5) is 11.8. The number of nitrogens with zero attached hydrogens (tertiary/aromatic N) is 1. The third kappa shape index (κ3) is 2.73. The number of para-hydroxylation sites is 2. The molecule has 0 aliphatic carbocycles. The first-order chi connectivity index (χ1) is 10.9. The fourth-order valence-electron chi connectivity index (χ4n) is 2.39. The summed E-state index contributed by atoms with van der Waals surface area (Å²) in [6.45, 7) is -0.311. The van der Waals surface area contributed by atoms with Crippen molar-refractivity contribution < 1.29 is 17.9 Å². The lowest BCUT2D eigenvalue weighted by Gasteiger charge is -2.30. The van der Waals surface area contributed by atoms with Gasteiger partial charge in [0, 0.05) is 5.02 Å². The summed E-state index contributed by atoms with van der Waals surface area (Å²) in [5.41, 5.74) is 0.836. The molecular formula is C15H13ClN2O4S. The van der Waals surface area contributed by atoms with Crippen molar-refractivity contribution in [1.82, 2.24) is 0 Å². The van der Waals surface area contributed by atoms with Crippen molar-refractivity contribution in [2.24, 2.45) is 0 Å². The number of methoxy groups -OCH3 is 1. The van der Waals surface area contributed by atoms with E-state index in [1.807, 2.05) is 0 Å². The summed E-state index contributed by atoms with van der Waals surface area (Å²) in [7, 11) is -2.64. The van der Waals surface area contributed by atoms with Crippen molar-refractivity contribution in [1.29, 1.82) is 0 Å². The van der Waals surface area contributed by atoms with E-state index < -0.39 is 15.9 Å². The molecule has 8 heteroatoms. The lowest BCUT2D eigenvalue weighted by molar-refractivity contribution is -0.115. The molecule has 2 aromatic rings. The van der Waals surface area contributed by atoms with Crippen LogP contribution >= 0.6 is 11.6 Å². The van der Waals surface area contributed by atoms with Crippen LogP contribution in [0.4, 0.5) is 11.4 Å². The van der Waals surface area contributed by atoms with E-state index in [1.165, 1.54) is 25.3 Å². The molecule has 0 saturated heterocycles. The Morgan fingerprint density at radius 3 is 2.70 bits per heavy atom. The number of hydrogen-bond acceptors (Lipinski definition) is 4. The zero-order valence-corrected chi connectivity index (χ0v) is 13.7. The van der Waals surface area contributed by atoms with Gasteiger partial charge in [0.1, 0.15) is 17.2 Å². The van der Waals surface area contributed by atoms with Gasteiger partial charge in [0.25, 0.3) is 10.0 Å². The first kappa shape index (κ1) is 15.6. The predicted molar refractivity (Wildman–Crippen MR) is 87.6 cm³/mol. The molecule has 0 radical (unpaired) electrons. The maximum Gasteiger partial charge on any atom is 0.268 e. The van der Waals surface area contributed by atoms with Crippen LogP contribution in [0.25, 0.3) is 0 Å². The Balaban J connectivity index is 2.18. The second kappa shape index (κ2) is 5.75. The Labute approximate surface area is 138 Å². The summed E-state index contributed by atoms with van der Waals surface area (Å²) in [6, 6.07) is 11.0. The highest BCUT2D eigenvalue weighted by molar-refractivity contribution is 7.93. The van der Waals surface area contributed by atoms with Gasteiger partial charge in [-0.1, -0.05) is 23.7 Å². The Hall–Kier alpha value is -2.25.